The van der Waals surface area contributed by atoms with Gasteiger partial charge < -0.3 is 20.6 Å². The van der Waals surface area contributed by atoms with E-state index < -0.39 is 31.6 Å². The van der Waals surface area contributed by atoms with Crippen molar-refractivity contribution in [1.29, 1.82) is 0 Å². The molecule has 0 heterocycles. The molecule has 0 aliphatic heterocycles. The number of aliphatic hydroxyl groups excluding tert-OH is 2. The van der Waals surface area contributed by atoms with Gasteiger partial charge in [-0.1, -0.05) is 6.07 Å². The smallest absolute Gasteiger partial charge is 0.121 e. The van der Waals surface area contributed by atoms with Gasteiger partial charge in [0, 0.05) is 24.5 Å². The van der Waals surface area contributed by atoms with E-state index in [-0.39, 0.29) is 16.9 Å². The highest BCUT2D eigenvalue weighted by Gasteiger charge is 2.14. The first-order chi connectivity index (χ1) is 9.82. The highest BCUT2D eigenvalue weighted by molar-refractivity contribution is 5.36. The summed E-state index contributed by atoms with van der Waals surface area (Å²) >= 11 is 0. The summed E-state index contributed by atoms with van der Waals surface area (Å²) in [5.74, 6) is -0.171. The van der Waals surface area contributed by atoms with Gasteiger partial charge in [0.1, 0.15) is 5.75 Å². The highest BCUT2D eigenvalue weighted by atomic mass is 16.3. The van der Waals surface area contributed by atoms with E-state index in [0.717, 1.165) is 0 Å². The first-order valence-electron chi connectivity index (χ1n) is 7.72. The van der Waals surface area contributed by atoms with Crippen LogP contribution in [0.5, 0.6) is 5.75 Å². The molecule has 0 unspecified atom stereocenters. The van der Waals surface area contributed by atoms with Crippen LogP contribution >= 0.6 is 0 Å². The molecule has 17 heavy (non-hydrogen) atoms. The summed E-state index contributed by atoms with van der Waals surface area (Å²) in [4.78, 5) is 0. The molecular weight excluding hydrogens is 218 g/mol. The van der Waals surface area contributed by atoms with Gasteiger partial charge in [-0.05, 0) is 38.4 Å². The molecular formula is C13H21NO3. The van der Waals surface area contributed by atoms with E-state index in [1.165, 1.54) is 32.0 Å². The molecule has 1 rings (SSSR count). The van der Waals surface area contributed by atoms with Gasteiger partial charge in [0.25, 0.3) is 0 Å². The molecule has 1 atom stereocenters. The predicted molar refractivity (Wildman–Crippen MR) is 66.7 cm³/mol. The Morgan fingerprint density at radius 2 is 2.24 bits per heavy atom. The first-order valence-corrected chi connectivity index (χ1v) is 5.22. The van der Waals surface area contributed by atoms with Crippen molar-refractivity contribution in [2.75, 3.05) is 6.50 Å². The Morgan fingerprint density at radius 3 is 2.82 bits per heavy atom. The van der Waals surface area contributed by atoms with Crippen LogP contribution < -0.4 is 5.32 Å². The lowest BCUT2D eigenvalue weighted by Crippen LogP contribution is -2.38. The van der Waals surface area contributed by atoms with Crippen LogP contribution in [0.15, 0.2) is 18.2 Å². The van der Waals surface area contributed by atoms with Gasteiger partial charge in [0.2, 0.25) is 0 Å². The van der Waals surface area contributed by atoms with Gasteiger partial charge in [-0.25, -0.2) is 0 Å². The molecule has 0 spiro atoms. The molecule has 0 aliphatic carbocycles. The molecule has 0 fully saturated rings. The highest BCUT2D eigenvalue weighted by Crippen LogP contribution is 2.22. The Labute approximate surface area is 109 Å². The van der Waals surface area contributed by atoms with E-state index in [9.17, 15) is 10.2 Å². The summed E-state index contributed by atoms with van der Waals surface area (Å²) < 4.78 is 38.1. The number of phenols is 1. The maximum absolute atomic E-state index is 10.2. The molecule has 0 amide bonds. The molecule has 0 saturated heterocycles. The lowest BCUT2D eigenvalue weighted by Gasteiger charge is -2.23. The summed E-state index contributed by atoms with van der Waals surface area (Å²) in [6.07, 6.45) is -1.68. The zero-order valence-electron chi connectivity index (χ0n) is 14.9. The number of nitrogens with one attached hydrogen (secondary N) is 1. The molecule has 4 N–H and O–H groups in total. The number of rotatable bonds is 4. The molecule has 0 saturated carbocycles. The Morgan fingerprint density at radius 1 is 1.53 bits per heavy atom. The van der Waals surface area contributed by atoms with Crippen molar-refractivity contribution in [1.82, 2.24) is 5.32 Å². The zero-order valence-corrected chi connectivity index (χ0v) is 9.86. The largest absolute Gasteiger partial charge is 0.508 e. The first kappa shape index (κ1) is 8.08. The zero-order chi connectivity index (χ0) is 17.3. The van der Waals surface area contributed by atoms with Crippen molar-refractivity contribution in [3.63, 3.8) is 0 Å². The standard InChI is InChI=1S/C13H21NO3/c1-13(2,3)14-7-12(17)9-4-5-11(16)10(6-9)8-15/h4-6,12,14-17H,7-8H2,1-3H3/t12-/m0/s1/i1D3,7D2. The quantitative estimate of drug-likeness (QED) is 0.644. The maximum atomic E-state index is 10.2. The lowest BCUT2D eigenvalue weighted by atomic mass is 10.0. The topological polar surface area (TPSA) is 72.7 Å². The van der Waals surface area contributed by atoms with E-state index in [1.807, 2.05) is 0 Å². The number of benzene rings is 1. The van der Waals surface area contributed by atoms with Crippen molar-refractivity contribution in [3.8, 4) is 5.75 Å². The second kappa shape index (κ2) is 5.49. The van der Waals surface area contributed by atoms with Crippen LogP contribution in [0.4, 0.5) is 0 Å². The number of aromatic hydroxyl groups is 1. The monoisotopic (exact) mass is 244 g/mol. The molecule has 0 aromatic heterocycles. The van der Waals surface area contributed by atoms with E-state index in [0.29, 0.717) is 0 Å². The minimum Gasteiger partial charge on any atom is -0.508 e. The fourth-order valence-electron chi connectivity index (χ4n) is 1.23. The summed E-state index contributed by atoms with van der Waals surface area (Å²) in [5.41, 5.74) is -1.31. The summed E-state index contributed by atoms with van der Waals surface area (Å²) in [7, 11) is 0. The normalized spacial score (nSPS) is 19.6. The van der Waals surface area contributed by atoms with Gasteiger partial charge >= 0.3 is 0 Å². The summed E-state index contributed by atoms with van der Waals surface area (Å²) in [6, 6.07) is 3.80. The van der Waals surface area contributed by atoms with Gasteiger partial charge in [0.15, 0.2) is 0 Å². The summed E-state index contributed by atoms with van der Waals surface area (Å²) in [5, 5.41) is 31.1. The SMILES string of the molecule is [2H]C([2H])(NC(C)(C)C([2H])([2H])[2H])[C@H](O)c1ccc(O)c(CO)c1. The van der Waals surface area contributed by atoms with Crippen LogP contribution in [-0.2, 0) is 6.61 Å². The van der Waals surface area contributed by atoms with E-state index in [2.05, 4.69) is 5.32 Å². The van der Waals surface area contributed by atoms with Gasteiger partial charge in [-0.15, -0.1) is 0 Å². The van der Waals surface area contributed by atoms with Crippen LogP contribution in [0, 0.1) is 0 Å². The molecule has 4 nitrogen and oxygen atoms in total. The van der Waals surface area contributed by atoms with Crippen LogP contribution in [0.3, 0.4) is 0 Å². The van der Waals surface area contributed by atoms with Gasteiger partial charge in [0.05, 0.1) is 12.7 Å². The summed E-state index contributed by atoms with van der Waals surface area (Å²) in [6.45, 7) is -2.72. The van der Waals surface area contributed by atoms with Crippen molar-refractivity contribution < 1.29 is 22.2 Å². The fourth-order valence-corrected chi connectivity index (χ4v) is 1.23. The lowest BCUT2D eigenvalue weighted by molar-refractivity contribution is 0.163. The Kier molecular flexibility index (Phi) is 2.61. The van der Waals surface area contributed by atoms with Crippen LogP contribution in [-0.4, -0.2) is 27.4 Å². The Bertz CT molecular complexity index is 531. The van der Waals surface area contributed by atoms with Gasteiger partial charge in [-0.2, -0.15) is 0 Å². The van der Waals surface area contributed by atoms with Crippen LogP contribution in [0.2, 0.25) is 0 Å². The molecule has 96 valence electrons. The number of hydrogen-bond acceptors (Lipinski definition) is 4. The maximum Gasteiger partial charge on any atom is 0.121 e. The van der Waals surface area contributed by atoms with Gasteiger partial charge in [-0.3, -0.25) is 0 Å². The minimum absolute atomic E-state index is 0.112. The number of aliphatic hydroxyl groups is 2. The Balaban J connectivity index is 3.07. The second-order valence-electron chi connectivity index (χ2n) is 4.34. The van der Waals surface area contributed by atoms with E-state index >= 15 is 0 Å². The van der Waals surface area contributed by atoms with Crippen LogP contribution in [0.25, 0.3) is 0 Å². The average Bonchev–Trinajstić information content (AvgIpc) is 2.36. The van der Waals surface area contributed by atoms with E-state index in [4.69, 9.17) is 12.0 Å². The van der Waals surface area contributed by atoms with Crippen LogP contribution in [0.1, 0.15) is 44.8 Å². The molecule has 1 aromatic carbocycles. The number of hydrogen-bond donors (Lipinski definition) is 4. The van der Waals surface area contributed by atoms with Crippen molar-refractivity contribution in [2.24, 2.45) is 0 Å². The fraction of sp³-hybridized carbons (Fsp3) is 0.538. The molecule has 1 aromatic rings. The third-order valence-electron chi connectivity index (χ3n) is 2.11. The average molecular weight is 244 g/mol. The van der Waals surface area contributed by atoms with Crippen molar-refractivity contribution in [2.45, 2.75) is 38.9 Å². The second-order valence-corrected chi connectivity index (χ2v) is 4.34. The number of β-amino-alcohol motifs (C(OH)–C–C–N with tert-alkyl or cyclic N) is 1. The molecule has 0 aliphatic rings. The third-order valence-corrected chi connectivity index (χ3v) is 2.11. The minimum atomic E-state index is -2.47. The predicted octanol–water partition coefficient (Wildman–Crippen LogP) is 1.31. The molecule has 0 radical (unpaired) electrons. The third kappa shape index (κ3) is 4.34. The molecule has 4 heteroatoms. The van der Waals surface area contributed by atoms with E-state index in [1.54, 1.807) is 0 Å². The molecule has 0 bridgehead atoms. The van der Waals surface area contributed by atoms with Crippen molar-refractivity contribution in [3.05, 3.63) is 29.3 Å². The van der Waals surface area contributed by atoms with Crippen molar-refractivity contribution >= 4 is 0 Å². The Hall–Kier alpha value is -1.10.